The van der Waals surface area contributed by atoms with Gasteiger partial charge in [-0.3, -0.25) is 15.0 Å². The molecule has 1 aromatic heterocycles. The maximum Gasteiger partial charge on any atom is 0.344 e. The largest absolute Gasteiger partial charge is 0.452 e. The first-order chi connectivity index (χ1) is 13.8. The van der Waals surface area contributed by atoms with Gasteiger partial charge < -0.3 is 10.1 Å². The van der Waals surface area contributed by atoms with E-state index in [0.717, 1.165) is 9.75 Å². The van der Waals surface area contributed by atoms with E-state index in [9.17, 15) is 19.2 Å². The zero-order chi connectivity index (χ0) is 21.2. The van der Waals surface area contributed by atoms with E-state index in [4.69, 9.17) is 4.74 Å². The van der Waals surface area contributed by atoms with Crippen LogP contribution in [-0.4, -0.2) is 35.4 Å². The lowest BCUT2D eigenvalue weighted by Crippen LogP contribution is -2.49. The maximum absolute atomic E-state index is 12.9. The second-order valence-electron chi connectivity index (χ2n) is 6.63. The van der Waals surface area contributed by atoms with Crippen LogP contribution in [0.5, 0.6) is 0 Å². The first kappa shape index (κ1) is 20.5. The number of nitrogens with zero attached hydrogens (tertiary/aromatic N) is 1. The van der Waals surface area contributed by atoms with Crippen molar-refractivity contribution in [1.82, 2.24) is 15.8 Å². The summed E-state index contributed by atoms with van der Waals surface area (Å²) in [5.41, 5.74) is 1.98. The van der Waals surface area contributed by atoms with Gasteiger partial charge in [-0.25, -0.2) is 9.59 Å². The Morgan fingerprint density at radius 1 is 1.21 bits per heavy atom. The highest BCUT2D eigenvalue weighted by Crippen LogP contribution is 2.31. The molecule has 1 aliphatic heterocycles. The normalized spacial score (nSPS) is 18.5. The van der Waals surface area contributed by atoms with Crippen LogP contribution in [0.4, 0.5) is 4.79 Å². The van der Waals surface area contributed by atoms with Gasteiger partial charge in [-0.2, -0.15) is 5.01 Å². The summed E-state index contributed by atoms with van der Waals surface area (Å²) in [5.74, 6) is -2.02. The third-order valence-corrected chi connectivity index (χ3v) is 5.69. The summed E-state index contributed by atoms with van der Waals surface area (Å²) in [5, 5.41) is 3.29. The van der Waals surface area contributed by atoms with Gasteiger partial charge in [0.05, 0.1) is 5.56 Å². The molecule has 3 rings (SSSR count). The fourth-order valence-corrected chi connectivity index (χ4v) is 4.15. The number of rotatable bonds is 6. The molecule has 0 bridgehead atoms. The molecule has 2 heterocycles. The van der Waals surface area contributed by atoms with E-state index in [-0.39, 0.29) is 0 Å². The highest BCUT2D eigenvalue weighted by molar-refractivity contribution is 7.12. The molecular weight excluding hydrogens is 394 g/mol. The van der Waals surface area contributed by atoms with Gasteiger partial charge in [0.1, 0.15) is 5.54 Å². The van der Waals surface area contributed by atoms with Gasteiger partial charge in [-0.15, -0.1) is 11.3 Å². The molecule has 2 aromatic rings. The number of carbonyl (C=O) groups excluding carboxylic acids is 4. The lowest BCUT2D eigenvalue weighted by molar-refractivity contribution is -0.140. The molecule has 1 fully saturated rings. The SMILES string of the molecule is CC[C@@]1(c2ccccc2)NC(=O)N(NC(=O)COC(=O)c2cc(C)sc2C)C1=O. The predicted molar refractivity (Wildman–Crippen MR) is 106 cm³/mol. The second kappa shape index (κ2) is 8.04. The van der Waals surface area contributed by atoms with Crippen LogP contribution in [0, 0.1) is 13.8 Å². The first-order valence-corrected chi connectivity index (χ1v) is 9.86. The molecule has 1 atom stereocenters. The van der Waals surface area contributed by atoms with Crippen molar-refractivity contribution in [3.63, 3.8) is 0 Å². The molecular formula is C20H21N3O5S. The average molecular weight is 415 g/mol. The van der Waals surface area contributed by atoms with E-state index >= 15 is 0 Å². The second-order valence-corrected chi connectivity index (χ2v) is 8.09. The average Bonchev–Trinajstić information content (AvgIpc) is 3.17. The molecule has 0 unspecified atom stereocenters. The Hall–Kier alpha value is -3.20. The molecule has 2 N–H and O–H groups in total. The number of urea groups is 1. The Bertz CT molecular complexity index is 972. The number of esters is 1. The molecule has 1 aromatic carbocycles. The monoisotopic (exact) mass is 415 g/mol. The Kier molecular flexibility index (Phi) is 5.69. The van der Waals surface area contributed by atoms with Crippen LogP contribution in [0.2, 0.25) is 0 Å². The van der Waals surface area contributed by atoms with Crippen molar-refractivity contribution in [3.05, 3.63) is 57.3 Å². The van der Waals surface area contributed by atoms with Crippen LogP contribution >= 0.6 is 11.3 Å². The number of amides is 4. The van der Waals surface area contributed by atoms with Crippen molar-refractivity contribution in [2.45, 2.75) is 32.7 Å². The van der Waals surface area contributed by atoms with Crippen molar-refractivity contribution in [2.24, 2.45) is 0 Å². The zero-order valence-corrected chi connectivity index (χ0v) is 17.1. The van der Waals surface area contributed by atoms with E-state index in [1.807, 2.05) is 6.92 Å². The van der Waals surface area contributed by atoms with Gasteiger partial charge in [0.25, 0.3) is 11.8 Å². The third kappa shape index (κ3) is 3.86. The highest BCUT2D eigenvalue weighted by atomic mass is 32.1. The Balaban J connectivity index is 1.66. The Morgan fingerprint density at radius 2 is 1.90 bits per heavy atom. The molecule has 8 nitrogen and oxygen atoms in total. The summed E-state index contributed by atoms with van der Waals surface area (Å²) < 4.78 is 5.01. The molecule has 0 spiro atoms. The van der Waals surface area contributed by atoms with E-state index in [2.05, 4.69) is 10.7 Å². The van der Waals surface area contributed by atoms with Crippen molar-refractivity contribution in [2.75, 3.05) is 6.61 Å². The van der Waals surface area contributed by atoms with Crippen LogP contribution in [0.3, 0.4) is 0 Å². The molecule has 1 aliphatic rings. The molecule has 9 heteroatoms. The van der Waals surface area contributed by atoms with Gasteiger partial charge in [0.2, 0.25) is 0 Å². The molecule has 29 heavy (non-hydrogen) atoms. The van der Waals surface area contributed by atoms with E-state index < -0.39 is 36.0 Å². The number of imide groups is 1. The quantitative estimate of drug-likeness (QED) is 0.557. The summed E-state index contributed by atoms with van der Waals surface area (Å²) in [6.07, 6.45) is 0.305. The van der Waals surface area contributed by atoms with Crippen molar-refractivity contribution >= 4 is 35.2 Å². The minimum atomic E-state index is -1.26. The van der Waals surface area contributed by atoms with Crippen LogP contribution in [-0.2, 0) is 19.9 Å². The van der Waals surface area contributed by atoms with Gasteiger partial charge in [0, 0.05) is 9.75 Å². The number of hydrogen-bond acceptors (Lipinski definition) is 6. The van der Waals surface area contributed by atoms with E-state index in [1.54, 1.807) is 50.2 Å². The minimum Gasteiger partial charge on any atom is -0.452 e. The van der Waals surface area contributed by atoms with Gasteiger partial charge in [0.15, 0.2) is 6.61 Å². The smallest absolute Gasteiger partial charge is 0.344 e. The van der Waals surface area contributed by atoms with Crippen LogP contribution in [0.25, 0.3) is 0 Å². The van der Waals surface area contributed by atoms with Crippen LogP contribution in [0.1, 0.15) is 39.0 Å². The standard InChI is InChI=1S/C20H21N3O5S/c1-4-20(14-8-6-5-7-9-14)18(26)23(19(27)21-20)22-16(24)11-28-17(25)15-10-12(2)29-13(15)3/h5-10H,4,11H2,1-3H3,(H,21,27)(H,22,24)/t20-/m0/s1. The third-order valence-electron chi connectivity index (χ3n) is 4.72. The Morgan fingerprint density at radius 3 is 2.48 bits per heavy atom. The zero-order valence-electron chi connectivity index (χ0n) is 16.3. The van der Waals surface area contributed by atoms with E-state index in [0.29, 0.717) is 22.6 Å². The summed E-state index contributed by atoms with van der Waals surface area (Å²) in [7, 11) is 0. The fourth-order valence-electron chi connectivity index (χ4n) is 3.24. The molecule has 0 aliphatic carbocycles. The van der Waals surface area contributed by atoms with E-state index in [1.165, 1.54) is 11.3 Å². The number of ether oxygens (including phenoxy) is 1. The number of thiophene rings is 1. The van der Waals surface area contributed by atoms with Crippen LogP contribution in [0.15, 0.2) is 36.4 Å². The van der Waals surface area contributed by atoms with Crippen molar-refractivity contribution in [1.29, 1.82) is 0 Å². The number of hydrogen-bond donors (Lipinski definition) is 2. The summed E-state index contributed by atoms with van der Waals surface area (Å²) in [6, 6.07) is 9.75. The Labute approximate surface area is 171 Å². The molecule has 152 valence electrons. The van der Waals surface area contributed by atoms with Crippen LogP contribution < -0.4 is 10.7 Å². The lowest BCUT2D eigenvalue weighted by Gasteiger charge is -2.25. The summed E-state index contributed by atoms with van der Waals surface area (Å²) in [4.78, 5) is 51.3. The summed E-state index contributed by atoms with van der Waals surface area (Å²) >= 11 is 1.45. The maximum atomic E-state index is 12.9. The highest BCUT2D eigenvalue weighted by Gasteiger charge is 2.52. The van der Waals surface area contributed by atoms with Gasteiger partial charge in [-0.1, -0.05) is 37.3 Å². The number of nitrogens with one attached hydrogen (secondary N) is 2. The molecule has 0 saturated carbocycles. The van der Waals surface area contributed by atoms with Crippen molar-refractivity contribution < 1.29 is 23.9 Å². The first-order valence-electron chi connectivity index (χ1n) is 9.04. The van der Waals surface area contributed by atoms with Gasteiger partial charge >= 0.3 is 12.0 Å². The predicted octanol–water partition coefficient (Wildman–Crippen LogP) is 2.41. The van der Waals surface area contributed by atoms with Gasteiger partial charge in [-0.05, 0) is 31.9 Å². The topological polar surface area (TPSA) is 105 Å². The lowest BCUT2D eigenvalue weighted by atomic mass is 9.87. The number of carbonyl (C=O) groups is 4. The number of benzene rings is 1. The van der Waals surface area contributed by atoms with Crippen molar-refractivity contribution in [3.8, 4) is 0 Å². The summed E-state index contributed by atoms with van der Waals surface area (Å²) in [6.45, 7) is 4.80. The molecule has 4 amide bonds. The number of aryl methyl sites for hydroxylation is 2. The fraction of sp³-hybridized carbons (Fsp3) is 0.300. The molecule has 0 radical (unpaired) electrons. The molecule has 1 saturated heterocycles. The number of hydrazine groups is 1. The minimum absolute atomic E-state index is 0.305.